The number of aromatic nitrogens is 2. The van der Waals surface area contributed by atoms with Crippen molar-refractivity contribution in [1.29, 1.82) is 0 Å². The summed E-state index contributed by atoms with van der Waals surface area (Å²) in [5.74, 6) is 1.94. The van der Waals surface area contributed by atoms with E-state index in [-0.39, 0.29) is 5.91 Å². The zero-order valence-corrected chi connectivity index (χ0v) is 17.8. The minimum absolute atomic E-state index is 0.0891. The van der Waals surface area contributed by atoms with Crippen LogP contribution in [0.3, 0.4) is 0 Å². The van der Waals surface area contributed by atoms with Gasteiger partial charge in [-0.25, -0.2) is 4.98 Å². The Hall–Kier alpha value is -2.76. The Morgan fingerprint density at radius 3 is 2.77 bits per heavy atom. The Morgan fingerprint density at radius 2 is 2.00 bits per heavy atom. The van der Waals surface area contributed by atoms with Gasteiger partial charge in [-0.2, -0.15) is 0 Å². The number of ether oxygens (including phenoxy) is 2. The Labute approximate surface area is 178 Å². The Bertz CT molecular complexity index is 866. The zero-order valence-electron chi connectivity index (χ0n) is 17.8. The predicted molar refractivity (Wildman–Crippen MR) is 116 cm³/mol. The number of carbonyl (C=O) groups is 1. The molecule has 2 aliphatic rings. The highest BCUT2D eigenvalue weighted by atomic mass is 16.5. The molecule has 0 spiro atoms. The molecule has 160 valence electrons. The van der Waals surface area contributed by atoms with E-state index in [1.165, 1.54) is 38.5 Å². The maximum atomic E-state index is 12.9. The summed E-state index contributed by atoms with van der Waals surface area (Å²) in [7, 11) is 1.65. The fourth-order valence-corrected chi connectivity index (χ4v) is 4.31. The number of imidazole rings is 1. The summed E-state index contributed by atoms with van der Waals surface area (Å²) in [6, 6.07) is 7.80. The first kappa shape index (κ1) is 20.5. The van der Waals surface area contributed by atoms with Gasteiger partial charge in [0.2, 0.25) is 0 Å². The summed E-state index contributed by atoms with van der Waals surface area (Å²) in [4.78, 5) is 19.1. The Morgan fingerprint density at radius 1 is 1.20 bits per heavy atom. The predicted octanol–water partition coefficient (Wildman–Crippen LogP) is 4.26. The van der Waals surface area contributed by atoms with Gasteiger partial charge in [-0.3, -0.25) is 4.79 Å². The third-order valence-corrected chi connectivity index (χ3v) is 6.10. The molecule has 2 fully saturated rings. The lowest BCUT2D eigenvalue weighted by molar-refractivity contribution is -0.136. The molecule has 2 heterocycles. The van der Waals surface area contributed by atoms with E-state index in [9.17, 15) is 4.79 Å². The van der Waals surface area contributed by atoms with Crippen molar-refractivity contribution in [2.24, 2.45) is 5.92 Å². The van der Waals surface area contributed by atoms with Crippen molar-refractivity contribution in [2.45, 2.75) is 51.6 Å². The number of benzene rings is 1. The molecule has 1 saturated heterocycles. The third kappa shape index (κ3) is 5.23. The summed E-state index contributed by atoms with van der Waals surface area (Å²) < 4.78 is 13.0. The molecule has 1 aliphatic heterocycles. The maximum Gasteiger partial charge on any atom is 0.289 e. The topological polar surface area (TPSA) is 56.6 Å². The molecule has 1 aliphatic carbocycles. The van der Waals surface area contributed by atoms with E-state index in [1.54, 1.807) is 13.2 Å². The highest BCUT2D eigenvalue weighted by molar-refractivity contribution is 5.96. The zero-order chi connectivity index (χ0) is 20.8. The number of aryl methyl sites for hydroxylation is 1. The lowest BCUT2D eigenvalue weighted by Crippen LogP contribution is -2.39. The first-order valence-corrected chi connectivity index (χ1v) is 11.0. The lowest BCUT2D eigenvalue weighted by atomic mass is 9.87. The van der Waals surface area contributed by atoms with Crippen molar-refractivity contribution < 1.29 is 14.3 Å². The van der Waals surface area contributed by atoms with Crippen molar-refractivity contribution in [3.05, 3.63) is 53.8 Å². The molecule has 0 bridgehead atoms. The molecule has 30 heavy (non-hydrogen) atoms. The van der Waals surface area contributed by atoms with Gasteiger partial charge in [-0.05, 0) is 30.0 Å². The van der Waals surface area contributed by atoms with Crippen molar-refractivity contribution >= 4 is 12.0 Å². The van der Waals surface area contributed by atoms with Crippen LogP contribution in [-0.2, 0) is 22.6 Å². The number of hydrogen-bond acceptors (Lipinski definition) is 4. The number of amides is 1. The summed E-state index contributed by atoms with van der Waals surface area (Å²) >= 11 is 0. The monoisotopic (exact) mass is 409 g/mol. The Balaban J connectivity index is 1.35. The lowest BCUT2D eigenvalue weighted by Gasteiger charge is -2.28. The van der Waals surface area contributed by atoms with Crippen LogP contribution in [0.1, 0.15) is 49.8 Å². The van der Waals surface area contributed by atoms with Crippen LogP contribution in [0.4, 0.5) is 0 Å². The second kappa shape index (κ2) is 9.83. The second-order valence-electron chi connectivity index (χ2n) is 8.26. The molecule has 6 heteroatoms. The van der Waals surface area contributed by atoms with E-state index >= 15 is 0 Å². The molecule has 6 nitrogen and oxygen atoms in total. The normalized spacial score (nSPS) is 19.2. The second-order valence-corrected chi connectivity index (χ2v) is 8.26. The quantitative estimate of drug-likeness (QED) is 0.641. The molecule has 1 amide bonds. The summed E-state index contributed by atoms with van der Waals surface area (Å²) in [6.07, 6.45) is 13.7. The molecule has 0 N–H and O–H groups in total. The van der Waals surface area contributed by atoms with Crippen LogP contribution in [0.15, 0.2) is 42.5 Å². The third-order valence-electron chi connectivity index (χ3n) is 6.10. The Kier molecular flexibility index (Phi) is 6.72. The first-order valence-electron chi connectivity index (χ1n) is 11.0. The largest absolute Gasteiger partial charge is 0.497 e. The van der Waals surface area contributed by atoms with Gasteiger partial charge in [0.1, 0.15) is 12.4 Å². The molecular weight excluding hydrogens is 378 g/mol. The van der Waals surface area contributed by atoms with E-state index in [4.69, 9.17) is 9.47 Å². The average molecular weight is 410 g/mol. The van der Waals surface area contributed by atoms with Crippen molar-refractivity contribution in [2.75, 3.05) is 20.3 Å². The summed E-state index contributed by atoms with van der Waals surface area (Å²) in [5, 5.41) is 0. The van der Waals surface area contributed by atoms with E-state index in [1.807, 2.05) is 41.7 Å². The van der Waals surface area contributed by atoms with E-state index in [0.29, 0.717) is 25.5 Å². The van der Waals surface area contributed by atoms with Crippen LogP contribution >= 0.6 is 0 Å². The first-order chi connectivity index (χ1) is 14.7. The summed E-state index contributed by atoms with van der Waals surface area (Å²) in [6.45, 7) is 2.62. The molecule has 1 saturated carbocycles. The average Bonchev–Trinajstić information content (AvgIpc) is 3.24. The van der Waals surface area contributed by atoms with Crippen LogP contribution in [0.5, 0.6) is 5.75 Å². The van der Waals surface area contributed by atoms with Gasteiger partial charge in [0.25, 0.3) is 5.91 Å². The molecule has 4 rings (SSSR count). The van der Waals surface area contributed by atoms with Gasteiger partial charge in [0, 0.05) is 25.4 Å². The molecule has 0 radical (unpaired) electrons. The number of methoxy groups -OCH3 is 1. The van der Waals surface area contributed by atoms with E-state index in [0.717, 1.165) is 29.5 Å². The minimum Gasteiger partial charge on any atom is -0.497 e. The number of morpholine rings is 1. The van der Waals surface area contributed by atoms with Gasteiger partial charge < -0.3 is 18.9 Å². The van der Waals surface area contributed by atoms with Gasteiger partial charge in [-0.1, -0.05) is 44.2 Å². The standard InChI is InChI=1S/C24H31N3O3/c1-29-22-9-7-20(8-10-22)16-27-13-14-30-23(24(27)28)15-21-17-26(18-25-21)12-11-19-5-3-2-4-6-19/h7-10,15,17-19H,2-6,11-14,16H2,1H3/b23-15+. The van der Waals surface area contributed by atoms with Gasteiger partial charge in [0.05, 0.1) is 25.7 Å². The van der Waals surface area contributed by atoms with E-state index < -0.39 is 0 Å². The van der Waals surface area contributed by atoms with Crippen molar-refractivity contribution in [1.82, 2.24) is 14.5 Å². The summed E-state index contributed by atoms with van der Waals surface area (Å²) in [5.41, 5.74) is 1.84. The van der Waals surface area contributed by atoms with Crippen LogP contribution in [0, 0.1) is 5.92 Å². The molecular formula is C24H31N3O3. The van der Waals surface area contributed by atoms with Crippen LogP contribution < -0.4 is 4.74 Å². The number of rotatable bonds is 7. The highest BCUT2D eigenvalue weighted by Gasteiger charge is 2.25. The smallest absolute Gasteiger partial charge is 0.289 e. The molecule has 0 unspecified atom stereocenters. The SMILES string of the molecule is COc1ccc(CN2CCO/C(=C/c3cn(CCC4CCCCC4)cn3)C2=O)cc1. The number of hydrogen-bond donors (Lipinski definition) is 0. The fourth-order valence-electron chi connectivity index (χ4n) is 4.31. The van der Waals surface area contributed by atoms with Crippen LogP contribution in [0.25, 0.3) is 6.08 Å². The number of carbonyl (C=O) groups excluding carboxylic acids is 1. The minimum atomic E-state index is -0.0891. The van der Waals surface area contributed by atoms with Gasteiger partial charge >= 0.3 is 0 Å². The van der Waals surface area contributed by atoms with Crippen LogP contribution in [-0.4, -0.2) is 40.6 Å². The van der Waals surface area contributed by atoms with Crippen molar-refractivity contribution in [3.63, 3.8) is 0 Å². The molecule has 0 atom stereocenters. The van der Waals surface area contributed by atoms with Crippen molar-refractivity contribution in [3.8, 4) is 5.75 Å². The molecule has 1 aromatic heterocycles. The highest BCUT2D eigenvalue weighted by Crippen LogP contribution is 2.26. The van der Waals surface area contributed by atoms with Crippen LogP contribution in [0.2, 0.25) is 0 Å². The molecule has 2 aromatic rings. The van der Waals surface area contributed by atoms with Gasteiger partial charge in [0.15, 0.2) is 5.76 Å². The van der Waals surface area contributed by atoms with Gasteiger partial charge in [-0.15, -0.1) is 0 Å². The molecule has 1 aromatic carbocycles. The number of nitrogens with zero attached hydrogens (tertiary/aromatic N) is 3. The van der Waals surface area contributed by atoms with E-state index in [2.05, 4.69) is 9.55 Å². The maximum absolute atomic E-state index is 12.9. The fraction of sp³-hybridized carbons (Fsp3) is 0.500.